The summed E-state index contributed by atoms with van der Waals surface area (Å²) in [5, 5.41) is 18.8. The molecule has 0 aromatic heterocycles. The second kappa shape index (κ2) is 5.91. The van der Waals surface area contributed by atoms with Crippen molar-refractivity contribution >= 4 is 11.7 Å². The second-order valence-corrected chi connectivity index (χ2v) is 4.21. The molecule has 4 nitrogen and oxygen atoms in total. The molecule has 0 bridgehead atoms. The van der Waals surface area contributed by atoms with E-state index < -0.39 is 5.97 Å². The minimum absolute atomic E-state index is 0.113. The Labute approximate surface area is 111 Å². The van der Waals surface area contributed by atoms with Crippen molar-refractivity contribution in [1.29, 1.82) is 0 Å². The topological polar surface area (TPSA) is 60.8 Å². The van der Waals surface area contributed by atoms with Gasteiger partial charge in [0.2, 0.25) is 0 Å². The molecule has 2 aromatic carbocycles. The van der Waals surface area contributed by atoms with Crippen LogP contribution in [-0.4, -0.2) is 22.7 Å². The highest BCUT2D eigenvalue weighted by atomic mass is 16.4. The molecule has 0 atom stereocenters. The zero-order valence-electron chi connectivity index (χ0n) is 10.4. The van der Waals surface area contributed by atoms with Crippen molar-refractivity contribution in [3.05, 3.63) is 60.2 Å². The molecule has 0 aliphatic carbocycles. The van der Waals surface area contributed by atoms with Gasteiger partial charge in [-0.2, -0.15) is 0 Å². The largest absolute Gasteiger partial charge is 0.508 e. The highest BCUT2D eigenvalue weighted by Crippen LogP contribution is 2.21. The normalized spacial score (nSPS) is 10.1. The molecule has 2 rings (SSSR count). The number of carbonyl (C=O) groups is 1. The van der Waals surface area contributed by atoms with Gasteiger partial charge in [0.15, 0.2) is 0 Å². The van der Waals surface area contributed by atoms with Crippen molar-refractivity contribution in [2.45, 2.75) is 6.54 Å². The number of hydrogen-bond acceptors (Lipinski definition) is 3. The van der Waals surface area contributed by atoms with Gasteiger partial charge in [0.25, 0.3) is 0 Å². The molecule has 0 spiro atoms. The van der Waals surface area contributed by atoms with E-state index in [-0.39, 0.29) is 12.3 Å². The lowest BCUT2D eigenvalue weighted by Gasteiger charge is -2.23. The Balaban J connectivity index is 2.24. The molecule has 2 N–H and O–H groups in total. The summed E-state index contributed by atoms with van der Waals surface area (Å²) < 4.78 is 0. The van der Waals surface area contributed by atoms with Gasteiger partial charge in [-0.15, -0.1) is 0 Å². The third kappa shape index (κ3) is 3.48. The van der Waals surface area contributed by atoms with Gasteiger partial charge in [-0.1, -0.05) is 36.4 Å². The number of hydrogen-bond donors (Lipinski definition) is 2. The zero-order valence-corrected chi connectivity index (χ0v) is 10.4. The molecule has 4 heteroatoms. The third-order valence-electron chi connectivity index (χ3n) is 2.80. The van der Waals surface area contributed by atoms with E-state index in [2.05, 4.69) is 0 Å². The Bertz CT molecular complexity index is 554. The number of anilines is 1. The first-order valence-corrected chi connectivity index (χ1v) is 5.95. The van der Waals surface area contributed by atoms with Crippen molar-refractivity contribution in [2.24, 2.45) is 0 Å². The van der Waals surface area contributed by atoms with Gasteiger partial charge in [-0.3, -0.25) is 4.79 Å². The van der Waals surface area contributed by atoms with Crippen LogP contribution in [0.15, 0.2) is 54.6 Å². The van der Waals surface area contributed by atoms with Crippen molar-refractivity contribution in [1.82, 2.24) is 0 Å². The minimum Gasteiger partial charge on any atom is -0.508 e. The van der Waals surface area contributed by atoms with Gasteiger partial charge in [0.05, 0.1) is 0 Å². The third-order valence-corrected chi connectivity index (χ3v) is 2.80. The standard InChI is InChI=1S/C15H15NO3/c17-14-9-5-4-6-12(14)10-16(11-15(18)19)13-7-2-1-3-8-13/h1-9,17H,10-11H2,(H,18,19). The van der Waals surface area contributed by atoms with Crippen LogP contribution in [0.1, 0.15) is 5.56 Å². The van der Waals surface area contributed by atoms with E-state index in [9.17, 15) is 9.90 Å². The first kappa shape index (κ1) is 13.0. The maximum absolute atomic E-state index is 11.0. The summed E-state index contributed by atoms with van der Waals surface area (Å²) in [6.45, 7) is 0.237. The summed E-state index contributed by atoms with van der Waals surface area (Å²) in [6, 6.07) is 16.2. The number of rotatable bonds is 5. The van der Waals surface area contributed by atoms with Crippen molar-refractivity contribution in [3.8, 4) is 5.75 Å². The fraction of sp³-hybridized carbons (Fsp3) is 0.133. The number of aliphatic carboxylic acids is 1. The van der Waals surface area contributed by atoms with Crippen LogP contribution in [0, 0.1) is 0 Å². The number of carboxylic acids is 1. The number of para-hydroxylation sites is 2. The molecule has 0 aliphatic heterocycles. The SMILES string of the molecule is O=C(O)CN(Cc1ccccc1O)c1ccccc1. The van der Waals surface area contributed by atoms with Crippen LogP contribution >= 0.6 is 0 Å². The predicted molar refractivity (Wildman–Crippen MR) is 73.2 cm³/mol. The van der Waals surface area contributed by atoms with E-state index >= 15 is 0 Å². The van der Waals surface area contributed by atoms with Crippen molar-refractivity contribution in [3.63, 3.8) is 0 Å². The average Bonchev–Trinajstić information content (AvgIpc) is 2.41. The van der Waals surface area contributed by atoms with E-state index in [1.807, 2.05) is 36.4 Å². The molecule has 98 valence electrons. The fourth-order valence-electron chi connectivity index (χ4n) is 1.89. The average molecular weight is 257 g/mol. The summed E-state index contributed by atoms with van der Waals surface area (Å²) in [7, 11) is 0. The first-order valence-electron chi connectivity index (χ1n) is 5.95. The molecule has 0 radical (unpaired) electrons. The number of phenolic OH excluding ortho intramolecular Hbond substituents is 1. The Morgan fingerprint density at radius 3 is 2.26 bits per heavy atom. The van der Waals surface area contributed by atoms with E-state index in [0.717, 1.165) is 5.69 Å². The lowest BCUT2D eigenvalue weighted by atomic mass is 10.1. The number of phenols is 1. The summed E-state index contributed by atoms with van der Waals surface area (Å²) in [4.78, 5) is 12.7. The van der Waals surface area contributed by atoms with Crippen LogP contribution in [-0.2, 0) is 11.3 Å². The van der Waals surface area contributed by atoms with Crippen LogP contribution in [0.2, 0.25) is 0 Å². The van der Waals surface area contributed by atoms with Gasteiger partial charge in [0.1, 0.15) is 12.3 Å². The quantitative estimate of drug-likeness (QED) is 0.864. The molecule has 2 aromatic rings. The van der Waals surface area contributed by atoms with Gasteiger partial charge in [-0.25, -0.2) is 0 Å². The van der Waals surface area contributed by atoms with Gasteiger partial charge in [-0.05, 0) is 18.2 Å². The summed E-state index contributed by atoms with van der Waals surface area (Å²) >= 11 is 0. The Morgan fingerprint density at radius 1 is 1.00 bits per heavy atom. The molecule has 0 saturated carbocycles. The molecular formula is C15H15NO3. The molecule has 0 unspecified atom stereocenters. The maximum atomic E-state index is 11.0. The van der Waals surface area contributed by atoms with Gasteiger partial charge in [0, 0.05) is 17.8 Å². The van der Waals surface area contributed by atoms with Crippen molar-refractivity contribution < 1.29 is 15.0 Å². The van der Waals surface area contributed by atoms with Crippen LogP contribution in [0.4, 0.5) is 5.69 Å². The summed E-state index contributed by atoms with van der Waals surface area (Å²) in [5.41, 5.74) is 1.51. The monoisotopic (exact) mass is 257 g/mol. The van der Waals surface area contributed by atoms with E-state index in [4.69, 9.17) is 5.11 Å². The van der Waals surface area contributed by atoms with Crippen LogP contribution in [0.25, 0.3) is 0 Å². The molecule has 0 fully saturated rings. The first-order chi connectivity index (χ1) is 9.16. The molecule has 0 heterocycles. The van der Waals surface area contributed by atoms with Crippen LogP contribution in [0.3, 0.4) is 0 Å². The summed E-state index contributed by atoms with van der Waals surface area (Å²) in [5.74, 6) is -0.729. The Morgan fingerprint density at radius 2 is 1.63 bits per heavy atom. The minimum atomic E-state index is -0.903. The van der Waals surface area contributed by atoms with E-state index in [0.29, 0.717) is 12.1 Å². The zero-order chi connectivity index (χ0) is 13.7. The highest BCUT2D eigenvalue weighted by Gasteiger charge is 2.12. The molecule has 0 saturated heterocycles. The number of carboxylic acid groups (broad SMARTS) is 1. The lowest BCUT2D eigenvalue weighted by molar-refractivity contribution is -0.135. The van der Waals surface area contributed by atoms with Crippen molar-refractivity contribution in [2.75, 3.05) is 11.4 Å². The fourth-order valence-corrected chi connectivity index (χ4v) is 1.89. The molecule has 0 amide bonds. The predicted octanol–water partition coefficient (Wildman–Crippen LogP) is 2.48. The second-order valence-electron chi connectivity index (χ2n) is 4.21. The van der Waals surface area contributed by atoms with Gasteiger partial charge < -0.3 is 15.1 Å². The van der Waals surface area contributed by atoms with Crippen LogP contribution < -0.4 is 4.90 Å². The number of nitrogens with zero attached hydrogens (tertiary/aromatic N) is 1. The van der Waals surface area contributed by atoms with Crippen LogP contribution in [0.5, 0.6) is 5.75 Å². The summed E-state index contributed by atoms with van der Waals surface area (Å²) in [6.07, 6.45) is 0. The van der Waals surface area contributed by atoms with E-state index in [1.165, 1.54) is 0 Å². The van der Waals surface area contributed by atoms with E-state index in [1.54, 1.807) is 23.1 Å². The molecule has 19 heavy (non-hydrogen) atoms. The Kier molecular flexibility index (Phi) is 4.03. The molecular weight excluding hydrogens is 242 g/mol. The number of benzene rings is 2. The highest BCUT2D eigenvalue weighted by molar-refractivity contribution is 5.73. The smallest absolute Gasteiger partial charge is 0.323 e. The lowest BCUT2D eigenvalue weighted by Crippen LogP contribution is -2.29. The van der Waals surface area contributed by atoms with Gasteiger partial charge >= 0.3 is 5.97 Å². The maximum Gasteiger partial charge on any atom is 0.323 e. The Hall–Kier alpha value is -2.49. The molecule has 0 aliphatic rings. The number of aromatic hydroxyl groups is 1.